The van der Waals surface area contributed by atoms with E-state index in [4.69, 9.17) is 4.74 Å². The zero-order valence-corrected chi connectivity index (χ0v) is 24.3. The van der Waals surface area contributed by atoms with Gasteiger partial charge in [-0.25, -0.2) is 0 Å². The highest BCUT2D eigenvalue weighted by Gasteiger charge is 2.50. The zero-order chi connectivity index (χ0) is 24.4. The minimum atomic E-state index is -0.396. The Morgan fingerprint density at radius 2 is 1.26 bits per heavy atom. The second kappa shape index (κ2) is 13.5. The molecule has 2 aromatic rings. The van der Waals surface area contributed by atoms with Crippen LogP contribution in [-0.4, -0.2) is 66.9 Å². The summed E-state index contributed by atoms with van der Waals surface area (Å²) in [6.45, 7) is 6.01. The number of rotatable bonds is 10. The van der Waals surface area contributed by atoms with Crippen molar-refractivity contribution in [2.75, 3.05) is 45.9 Å². The van der Waals surface area contributed by atoms with Gasteiger partial charge in [-0.05, 0) is 79.2 Å². The Labute approximate surface area is 241 Å². The summed E-state index contributed by atoms with van der Waals surface area (Å²) >= 11 is 0. The molecule has 5 aliphatic rings. The van der Waals surface area contributed by atoms with Crippen molar-refractivity contribution >= 4 is 24.8 Å². The Bertz CT molecular complexity index is 893. The summed E-state index contributed by atoms with van der Waals surface area (Å²) in [5.41, 5.74) is 3.28. The molecule has 1 atom stereocenters. The number of halogens is 2. The van der Waals surface area contributed by atoms with E-state index < -0.39 is 6.10 Å². The second-order valence-electron chi connectivity index (χ2n) is 12.5. The largest absolute Gasteiger partial charge is 0.389 e. The Kier molecular flexibility index (Phi) is 10.6. The van der Waals surface area contributed by atoms with E-state index in [1.54, 1.807) is 0 Å². The first-order valence-corrected chi connectivity index (χ1v) is 14.5. The molecule has 1 N–H and O–H groups in total. The second-order valence-corrected chi connectivity index (χ2v) is 12.5. The van der Waals surface area contributed by atoms with Gasteiger partial charge in [0, 0.05) is 39.3 Å². The van der Waals surface area contributed by atoms with Crippen molar-refractivity contribution in [1.82, 2.24) is 9.80 Å². The van der Waals surface area contributed by atoms with E-state index in [2.05, 4.69) is 70.5 Å². The van der Waals surface area contributed by atoms with Crippen molar-refractivity contribution in [3.8, 4) is 0 Å². The Hall–Kier alpha value is -1.14. The third-order valence-electron chi connectivity index (χ3n) is 9.72. The van der Waals surface area contributed by atoms with Gasteiger partial charge in [-0.2, -0.15) is 0 Å². The highest BCUT2D eigenvalue weighted by molar-refractivity contribution is 5.85. The van der Waals surface area contributed by atoms with Crippen molar-refractivity contribution in [1.29, 1.82) is 0 Å². The number of aliphatic hydroxyl groups excluding tert-OH is 1. The topological polar surface area (TPSA) is 35.9 Å². The number of hydrogen-bond acceptors (Lipinski definition) is 4. The standard InChI is InChI=1S/C32H44N2O2.2ClH/c35-30(24-36-16-11-32-20-25-17-26(21-32)19-27(18-25)22-32)23-33-12-14-34(15-13-33)31(28-7-3-1-4-8-28)29-9-5-2-6-10-29;;/h1-10,25-27,30-31,35H,11-24H2;2*1H. The van der Waals surface area contributed by atoms with Gasteiger partial charge in [0.25, 0.3) is 0 Å². The minimum absolute atomic E-state index is 0. The molecule has 1 unspecified atom stereocenters. The number of piperazine rings is 1. The van der Waals surface area contributed by atoms with Crippen LogP contribution >= 0.6 is 24.8 Å². The van der Waals surface area contributed by atoms with Crippen LogP contribution in [-0.2, 0) is 4.74 Å². The maximum absolute atomic E-state index is 10.7. The Morgan fingerprint density at radius 3 is 1.76 bits per heavy atom. The molecule has 4 aliphatic carbocycles. The lowest BCUT2D eigenvalue weighted by atomic mass is 9.49. The van der Waals surface area contributed by atoms with E-state index in [1.165, 1.54) is 56.1 Å². The van der Waals surface area contributed by atoms with E-state index in [0.29, 0.717) is 18.6 Å². The summed E-state index contributed by atoms with van der Waals surface area (Å²) in [7, 11) is 0. The van der Waals surface area contributed by atoms with Gasteiger partial charge in [0.2, 0.25) is 0 Å². The highest BCUT2D eigenvalue weighted by Crippen LogP contribution is 2.61. The van der Waals surface area contributed by atoms with Crippen LogP contribution in [0.5, 0.6) is 0 Å². The first-order chi connectivity index (χ1) is 17.7. The predicted molar refractivity (Wildman–Crippen MR) is 159 cm³/mol. The maximum Gasteiger partial charge on any atom is 0.0900 e. The molecule has 1 saturated heterocycles. The third-order valence-corrected chi connectivity index (χ3v) is 9.72. The van der Waals surface area contributed by atoms with Gasteiger partial charge in [0.05, 0.1) is 18.8 Å². The van der Waals surface area contributed by atoms with E-state index in [0.717, 1.165) is 50.5 Å². The quantitative estimate of drug-likeness (QED) is 0.350. The molecule has 7 rings (SSSR count). The van der Waals surface area contributed by atoms with Crippen LogP contribution in [0.2, 0.25) is 0 Å². The van der Waals surface area contributed by atoms with Crippen molar-refractivity contribution in [3.05, 3.63) is 71.8 Å². The van der Waals surface area contributed by atoms with Crippen molar-refractivity contribution < 1.29 is 9.84 Å². The summed E-state index contributed by atoms with van der Waals surface area (Å²) in [4.78, 5) is 5.01. The average molecular weight is 562 g/mol. The Balaban J connectivity index is 0.00000168. The van der Waals surface area contributed by atoms with Gasteiger partial charge in [0.15, 0.2) is 0 Å². The van der Waals surface area contributed by atoms with Crippen LogP contribution in [0.15, 0.2) is 60.7 Å². The van der Waals surface area contributed by atoms with Crippen LogP contribution < -0.4 is 0 Å². The molecule has 0 spiro atoms. The monoisotopic (exact) mass is 560 g/mol. The maximum atomic E-state index is 10.7. The third kappa shape index (κ3) is 6.95. The normalized spacial score (nSPS) is 29.6. The lowest BCUT2D eigenvalue weighted by Gasteiger charge is -2.57. The van der Waals surface area contributed by atoms with E-state index >= 15 is 0 Å². The summed E-state index contributed by atoms with van der Waals surface area (Å²) < 4.78 is 6.06. The molecule has 5 fully saturated rings. The van der Waals surface area contributed by atoms with Gasteiger partial charge < -0.3 is 9.84 Å². The van der Waals surface area contributed by atoms with Crippen LogP contribution in [0, 0.1) is 23.2 Å². The minimum Gasteiger partial charge on any atom is -0.389 e. The fourth-order valence-electron chi connectivity index (χ4n) is 8.54. The lowest BCUT2D eigenvalue weighted by Crippen LogP contribution is -2.50. The molecule has 4 bridgehead atoms. The van der Waals surface area contributed by atoms with Gasteiger partial charge >= 0.3 is 0 Å². The molecule has 0 aromatic heterocycles. The van der Waals surface area contributed by atoms with E-state index in [9.17, 15) is 5.11 Å². The molecular formula is C32H46Cl2N2O2. The molecule has 210 valence electrons. The zero-order valence-electron chi connectivity index (χ0n) is 22.6. The van der Waals surface area contributed by atoms with Crippen molar-refractivity contribution in [3.63, 3.8) is 0 Å². The van der Waals surface area contributed by atoms with E-state index in [1.807, 2.05) is 0 Å². The highest BCUT2D eigenvalue weighted by atomic mass is 35.5. The molecular weight excluding hydrogens is 515 g/mol. The first kappa shape index (κ1) is 29.8. The van der Waals surface area contributed by atoms with E-state index in [-0.39, 0.29) is 30.9 Å². The van der Waals surface area contributed by atoms with Crippen LogP contribution in [0.3, 0.4) is 0 Å². The summed E-state index contributed by atoms with van der Waals surface area (Å²) in [5, 5.41) is 10.7. The summed E-state index contributed by atoms with van der Waals surface area (Å²) in [5.74, 6) is 3.01. The van der Waals surface area contributed by atoms with Crippen LogP contribution in [0.25, 0.3) is 0 Å². The SMILES string of the molecule is Cl.Cl.OC(COCCC12CC3CC(CC(C3)C1)C2)CN1CCN(C(c2ccccc2)c2ccccc2)CC1. The van der Waals surface area contributed by atoms with Crippen LogP contribution in [0.1, 0.15) is 62.1 Å². The summed E-state index contributed by atoms with van der Waals surface area (Å²) in [6, 6.07) is 22.0. The van der Waals surface area contributed by atoms with Gasteiger partial charge in [-0.3, -0.25) is 9.80 Å². The number of hydrogen-bond donors (Lipinski definition) is 1. The number of benzene rings is 2. The lowest BCUT2D eigenvalue weighted by molar-refractivity contribution is -0.0745. The van der Waals surface area contributed by atoms with Gasteiger partial charge in [-0.15, -0.1) is 24.8 Å². The molecule has 6 heteroatoms. The predicted octanol–water partition coefficient (Wildman–Crippen LogP) is 6.22. The van der Waals surface area contributed by atoms with Crippen LogP contribution in [0.4, 0.5) is 0 Å². The van der Waals surface area contributed by atoms with Gasteiger partial charge in [0.1, 0.15) is 0 Å². The molecule has 0 radical (unpaired) electrons. The smallest absolute Gasteiger partial charge is 0.0900 e. The molecule has 4 saturated carbocycles. The average Bonchev–Trinajstić information content (AvgIpc) is 2.88. The number of ether oxygens (including phenoxy) is 1. The molecule has 0 amide bonds. The van der Waals surface area contributed by atoms with Gasteiger partial charge in [-0.1, -0.05) is 60.7 Å². The number of nitrogens with zero attached hydrogens (tertiary/aromatic N) is 2. The number of aliphatic hydroxyl groups is 1. The first-order valence-electron chi connectivity index (χ1n) is 14.5. The molecule has 4 nitrogen and oxygen atoms in total. The molecule has 1 heterocycles. The number of β-amino-alcohol motifs (C(OH)–C–C–N with tert-alkyl or cyclic N) is 1. The fourth-order valence-corrected chi connectivity index (χ4v) is 8.54. The fraction of sp³-hybridized carbons (Fsp3) is 0.625. The Morgan fingerprint density at radius 1 is 0.763 bits per heavy atom. The molecule has 1 aliphatic heterocycles. The van der Waals surface area contributed by atoms with Crippen molar-refractivity contribution in [2.45, 2.75) is 57.1 Å². The molecule has 38 heavy (non-hydrogen) atoms. The van der Waals surface area contributed by atoms with Crippen molar-refractivity contribution in [2.24, 2.45) is 23.2 Å². The summed E-state index contributed by atoms with van der Waals surface area (Å²) in [6.07, 6.45) is 9.66. The molecule has 2 aromatic carbocycles.